The van der Waals surface area contributed by atoms with Crippen LogP contribution < -0.4 is 10.4 Å². The zero-order chi connectivity index (χ0) is 34.9. The molecule has 3 aliphatic rings. The number of piperidine rings is 1. The molecule has 1 saturated heterocycles. The third-order valence-corrected chi connectivity index (χ3v) is 17.5. The summed E-state index contributed by atoms with van der Waals surface area (Å²) in [4.78, 5) is 16.2. The molecule has 50 heavy (non-hydrogen) atoms. The van der Waals surface area contributed by atoms with Gasteiger partial charge >= 0.3 is 0 Å². The van der Waals surface area contributed by atoms with Crippen molar-refractivity contribution >= 4 is 24.6 Å². The van der Waals surface area contributed by atoms with Crippen molar-refractivity contribution in [2.45, 2.75) is 122 Å². The molecule has 264 valence electrons. The van der Waals surface area contributed by atoms with Crippen molar-refractivity contribution in [1.29, 1.82) is 0 Å². The van der Waals surface area contributed by atoms with E-state index in [9.17, 15) is 4.79 Å². The van der Waals surface area contributed by atoms with Crippen LogP contribution in [0.4, 0.5) is 0 Å². The first kappa shape index (κ1) is 34.9. The second-order valence-electron chi connectivity index (χ2n) is 16.4. The summed E-state index contributed by atoms with van der Waals surface area (Å²) >= 11 is 0. The van der Waals surface area contributed by atoms with Gasteiger partial charge in [-0.15, -0.1) is 0 Å². The van der Waals surface area contributed by atoms with Gasteiger partial charge in [-0.2, -0.15) is 5.10 Å². The smallest absolute Gasteiger partial charge is 0.274 e. The maximum absolute atomic E-state index is 14.1. The molecule has 6 heteroatoms. The Labute approximate surface area is 301 Å². The summed E-state index contributed by atoms with van der Waals surface area (Å²) in [6.45, 7) is 13.9. The minimum Gasteiger partial charge on any atom is -0.404 e. The van der Waals surface area contributed by atoms with Gasteiger partial charge in [0.15, 0.2) is 5.69 Å². The highest BCUT2D eigenvalue weighted by molar-refractivity contribution is 6.99. The topological polar surface area (TPSA) is 47.4 Å². The van der Waals surface area contributed by atoms with Crippen LogP contribution in [0.3, 0.4) is 0 Å². The Morgan fingerprint density at radius 2 is 1.46 bits per heavy atom. The molecular weight excluding hydrogens is 631 g/mol. The molecule has 1 saturated carbocycles. The van der Waals surface area contributed by atoms with Crippen molar-refractivity contribution in [3.05, 3.63) is 113 Å². The van der Waals surface area contributed by atoms with Crippen molar-refractivity contribution < 1.29 is 9.22 Å². The quantitative estimate of drug-likeness (QED) is 0.166. The number of nitrogens with zero attached hydrogens (tertiary/aromatic N) is 3. The highest BCUT2D eigenvalue weighted by Gasteiger charge is 2.51. The Kier molecular flexibility index (Phi) is 10.2. The average Bonchev–Trinajstić information content (AvgIpc) is 3.75. The van der Waals surface area contributed by atoms with E-state index in [4.69, 9.17) is 9.52 Å². The lowest BCUT2D eigenvalue weighted by Gasteiger charge is -2.46. The Hall–Kier alpha value is -3.48. The first-order valence-electron chi connectivity index (χ1n) is 19.4. The number of fused-ring (bicyclic) bond motifs is 1. The predicted octanol–water partition coefficient (Wildman–Crippen LogP) is 8.53. The summed E-state index contributed by atoms with van der Waals surface area (Å²) in [5.74, 6) is 1.56. The molecule has 3 aromatic carbocycles. The first-order valence-corrected chi connectivity index (χ1v) is 21.3. The Bertz CT molecular complexity index is 1720. The number of aromatic nitrogens is 2. The minimum absolute atomic E-state index is 0.0601. The predicted molar refractivity (Wildman–Crippen MR) is 207 cm³/mol. The number of amides is 1. The molecule has 2 aliphatic carbocycles. The number of carbonyl (C=O) groups is 1. The molecule has 0 radical (unpaired) electrons. The number of hydrogen-bond acceptors (Lipinski definition) is 3. The molecule has 1 amide bonds. The van der Waals surface area contributed by atoms with Gasteiger partial charge in [-0.25, -0.2) is 0 Å². The second kappa shape index (κ2) is 14.6. The van der Waals surface area contributed by atoms with Crippen LogP contribution in [0.2, 0.25) is 5.04 Å². The number of rotatable bonds is 9. The van der Waals surface area contributed by atoms with Gasteiger partial charge in [0.2, 0.25) is 0 Å². The standard InChI is InChI=1S/C44H57N3O2Si/c1-32-14-12-19-39(33(32)2)35-24-22-34(23-25-35)26-31-47-41-21-13-20-40(41)42(45-47)43(48)46-29-27-36(28-30-46)49-50(44(3,4)5,37-15-8-6-9-16-37)38-17-10-7-11-18-38/h6-12,14-19,34-36H,13,20-31H2,1-5H3. The van der Waals surface area contributed by atoms with Gasteiger partial charge in [0, 0.05) is 37.0 Å². The molecule has 4 aromatic rings. The molecule has 1 aromatic heterocycles. The van der Waals surface area contributed by atoms with Crippen molar-refractivity contribution in [3.63, 3.8) is 0 Å². The van der Waals surface area contributed by atoms with E-state index in [0.717, 1.165) is 56.7 Å². The molecule has 2 fully saturated rings. The molecule has 0 atom stereocenters. The minimum atomic E-state index is -2.63. The number of aryl methyl sites for hydroxylation is 2. The van der Waals surface area contributed by atoms with E-state index in [-0.39, 0.29) is 17.0 Å². The molecular formula is C44H57N3O2Si. The highest BCUT2D eigenvalue weighted by Crippen LogP contribution is 2.40. The van der Waals surface area contributed by atoms with Crippen LogP contribution in [-0.4, -0.2) is 48.1 Å². The number of likely N-dealkylation sites (tertiary alicyclic amines) is 1. The van der Waals surface area contributed by atoms with E-state index in [1.165, 1.54) is 58.4 Å². The van der Waals surface area contributed by atoms with E-state index in [2.05, 4.69) is 123 Å². The summed E-state index contributed by atoms with van der Waals surface area (Å²) in [7, 11) is -2.63. The lowest BCUT2D eigenvalue weighted by Crippen LogP contribution is -2.68. The fraction of sp³-hybridized carbons (Fsp3) is 0.500. The van der Waals surface area contributed by atoms with Crippen LogP contribution in [0, 0.1) is 19.8 Å². The summed E-state index contributed by atoms with van der Waals surface area (Å²) < 4.78 is 9.67. The third-order valence-electron chi connectivity index (χ3n) is 12.4. The Morgan fingerprint density at radius 3 is 2.08 bits per heavy atom. The fourth-order valence-corrected chi connectivity index (χ4v) is 14.2. The van der Waals surface area contributed by atoms with E-state index >= 15 is 0 Å². The maximum atomic E-state index is 14.1. The zero-order valence-electron chi connectivity index (χ0n) is 31.1. The molecule has 0 unspecified atom stereocenters. The Morgan fingerprint density at radius 1 is 0.820 bits per heavy atom. The molecule has 1 aliphatic heterocycles. The highest BCUT2D eigenvalue weighted by atomic mass is 28.4. The van der Waals surface area contributed by atoms with Gasteiger partial charge in [-0.1, -0.05) is 99.6 Å². The van der Waals surface area contributed by atoms with E-state index in [1.54, 1.807) is 5.56 Å². The molecule has 7 rings (SSSR count). The van der Waals surface area contributed by atoms with Crippen LogP contribution in [0.15, 0.2) is 78.9 Å². The monoisotopic (exact) mass is 687 g/mol. The van der Waals surface area contributed by atoms with Gasteiger partial charge in [0.1, 0.15) is 0 Å². The van der Waals surface area contributed by atoms with E-state index in [1.807, 2.05) is 0 Å². The van der Waals surface area contributed by atoms with Crippen LogP contribution in [0.5, 0.6) is 0 Å². The van der Waals surface area contributed by atoms with Gasteiger partial charge in [0.25, 0.3) is 14.2 Å². The van der Waals surface area contributed by atoms with Gasteiger partial charge in [0.05, 0.1) is 0 Å². The largest absolute Gasteiger partial charge is 0.404 e. The summed E-state index contributed by atoms with van der Waals surface area (Å²) in [5.41, 5.74) is 7.73. The number of carbonyl (C=O) groups excluding carboxylic acids is 1. The fourth-order valence-electron chi connectivity index (χ4n) is 9.42. The van der Waals surface area contributed by atoms with Gasteiger partial charge in [-0.3, -0.25) is 9.48 Å². The summed E-state index contributed by atoms with van der Waals surface area (Å²) in [6, 6.07) is 28.6. The van der Waals surface area contributed by atoms with E-state index in [0.29, 0.717) is 19.0 Å². The number of hydrogen-bond donors (Lipinski definition) is 0. The number of benzene rings is 3. The average molecular weight is 688 g/mol. The van der Waals surface area contributed by atoms with Crippen molar-refractivity contribution in [2.75, 3.05) is 13.1 Å². The molecule has 0 N–H and O–H groups in total. The molecule has 5 nitrogen and oxygen atoms in total. The lowest BCUT2D eigenvalue weighted by molar-refractivity contribution is 0.0570. The normalized spacial score (nSPS) is 20.2. The molecule has 0 spiro atoms. The molecule has 2 heterocycles. The van der Waals surface area contributed by atoms with Crippen molar-refractivity contribution in [2.24, 2.45) is 5.92 Å². The molecule has 0 bridgehead atoms. The van der Waals surface area contributed by atoms with E-state index < -0.39 is 8.32 Å². The van der Waals surface area contributed by atoms with Crippen LogP contribution in [-0.2, 0) is 23.8 Å². The summed E-state index contributed by atoms with van der Waals surface area (Å²) in [6.07, 6.45) is 11.3. The van der Waals surface area contributed by atoms with Gasteiger partial charge in [-0.05, 0) is 122 Å². The zero-order valence-corrected chi connectivity index (χ0v) is 32.1. The van der Waals surface area contributed by atoms with Crippen molar-refractivity contribution in [3.8, 4) is 0 Å². The Balaban J connectivity index is 0.997. The van der Waals surface area contributed by atoms with Crippen LogP contribution >= 0.6 is 0 Å². The van der Waals surface area contributed by atoms with Crippen molar-refractivity contribution in [1.82, 2.24) is 14.7 Å². The SMILES string of the molecule is Cc1cccc(C2CCC(CCn3nc(C(=O)N4CCC(O[Si](c5ccccc5)(c5ccccc5)C(C)(C)C)CC4)c4c3CCC4)CC2)c1C. The third kappa shape index (κ3) is 6.78. The first-order chi connectivity index (χ1) is 24.2. The van der Waals surface area contributed by atoms with Crippen LogP contribution in [0.25, 0.3) is 0 Å². The van der Waals surface area contributed by atoms with Crippen LogP contribution in [0.1, 0.15) is 116 Å². The lowest BCUT2D eigenvalue weighted by atomic mass is 9.76. The second-order valence-corrected chi connectivity index (χ2v) is 20.7. The maximum Gasteiger partial charge on any atom is 0.274 e. The van der Waals surface area contributed by atoms with Gasteiger partial charge < -0.3 is 9.33 Å². The summed E-state index contributed by atoms with van der Waals surface area (Å²) in [5, 5.41) is 7.63.